The average molecular weight is 687 g/mol. The Hall–Kier alpha value is -6.70. The van der Waals surface area contributed by atoms with Gasteiger partial charge in [-0.2, -0.15) is 0 Å². The molecule has 1 aliphatic carbocycles. The molecule has 0 bridgehead atoms. The van der Waals surface area contributed by atoms with Gasteiger partial charge in [0.15, 0.2) is 17.8 Å². The Morgan fingerprint density at radius 3 is 2.36 bits per heavy atom. The molecule has 11 rings (SSSR count). The molecule has 5 aromatic carbocycles. The molecule has 53 heavy (non-hydrogen) atoms. The summed E-state index contributed by atoms with van der Waals surface area (Å²) in [4.78, 5) is 12.3. The average Bonchev–Trinajstić information content (AvgIpc) is 3.68. The minimum absolute atomic E-state index is 0.0858. The number of hydrogen-bond donors (Lipinski definition) is 2. The minimum atomic E-state index is -0.316. The Labute approximate surface area is 307 Å². The van der Waals surface area contributed by atoms with Gasteiger partial charge in [-0.15, -0.1) is 0 Å². The summed E-state index contributed by atoms with van der Waals surface area (Å²) >= 11 is 0. The summed E-state index contributed by atoms with van der Waals surface area (Å²) in [6.45, 7) is 0. The Balaban J connectivity index is 1.08. The van der Waals surface area contributed by atoms with Crippen LogP contribution >= 0.6 is 0 Å². The molecule has 0 saturated carbocycles. The van der Waals surface area contributed by atoms with E-state index in [4.69, 9.17) is 9.73 Å². The van der Waals surface area contributed by atoms with Crippen molar-refractivity contribution in [3.8, 4) is 39.6 Å². The van der Waals surface area contributed by atoms with Crippen molar-refractivity contribution in [1.29, 1.82) is 0 Å². The topological polar surface area (TPSA) is 66.7 Å². The second kappa shape index (κ2) is 11.9. The number of pyridine rings is 1. The van der Waals surface area contributed by atoms with E-state index < -0.39 is 0 Å². The van der Waals surface area contributed by atoms with E-state index >= 15 is 0 Å². The highest BCUT2D eigenvalue weighted by molar-refractivity contribution is 6.02. The van der Waals surface area contributed by atoms with Crippen molar-refractivity contribution in [2.75, 3.05) is 4.90 Å². The van der Waals surface area contributed by atoms with Gasteiger partial charge in [0.25, 0.3) is 0 Å². The van der Waals surface area contributed by atoms with E-state index in [1.165, 1.54) is 11.3 Å². The number of allylic oxidation sites excluding steroid dienone is 2. The van der Waals surface area contributed by atoms with Gasteiger partial charge in [0, 0.05) is 45.6 Å². The smallest absolute Gasteiger partial charge is 0.180 e. The molecule has 7 heteroatoms. The summed E-state index contributed by atoms with van der Waals surface area (Å²) in [5, 5.41) is 8.61. The molecular formula is C46H34N6O. The van der Waals surface area contributed by atoms with E-state index in [0.717, 1.165) is 67.4 Å². The molecule has 0 amide bonds. The number of aliphatic imine (C=N–C) groups is 1. The summed E-state index contributed by atoms with van der Waals surface area (Å²) in [5.41, 5.74) is 11.1. The van der Waals surface area contributed by atoms with E-state index in [9.17, 15) is 0 Å². The number of hydrogen-bond acceptors (Lipinski definition) is 6. The molecule has 3 aliphatic heterocycles. The first-order valence-corrected chi connectivity index (χ1v) is 18.1. The van der Waals surface area contributed by atoms with Crippen molar-refractivity contribution >= 4 is 22.4 Å². The highest BCUT2D eigenvalue weighted by atomic mass is 16.5. The van der Waals surface area contributed by atoms with Crippen molar-refractivity contribution < 1.29 is 4.74 Å². The Bertz CT molecular complexity index is 2640. The van der Waals surface area contributed by atoms with Crippen molar-refractivity contribution in [2.45, 2.75) is 24.4 Å². The highest BCUT2D eigenvalue weighted by Crippen LogP contribution is 2.52. The highest BCUT2D eigenvalue weighted by Gasteiger charge is 2.42. The number of rotatable bonds is 4. The monoisotopic (exact) mass is 686 g/mol. The fourth-order valence-corrected chi connectivity index (χ4v) is 8.58. The Morgan fingerprint density at radius 1 is 0.698 bits per heavy atom. The minimum Gasteiger partial charge on any atom is -0.452 e. The molecule has 0 saturated heterocycles. The lowest BCUT2D eigenvalue weighted by Crippen LogP contribution is -2.57. The summed E-state index contributed by atoms with van der Waals surface area (Å²) in [7, 11) is 0. The SMILES string of the molecule is C1=CC2c3cc(-n4c5c(c6ccccc64)Oc4cnccc4-c4ccccc4-5)ccc3N(C3N=C(c4ccccc4)NC(c4ccccc4)N3)C2C=C1. The van der Waals surface area contributed by atoms with Gasteiger partial charge in [-0.1, -0.05) is 121 Å². The number of anilines is 1. The van der Waals surface area contributed by atoms with Crippen LogP contribution in [0.4, 0.5) is 5.69 Å². The number of amidine groups is 1. The first kappa shape index (κ1) is 30.0. The fourth-order valence-electron chi connectivity index (χ4n) is 8.58. The van der Waals surface area contributed by atoms with E-state index in [0.29, 0.717) is 0 Å². The first-order chi connectivity index (χ1) is 26.3. The molecule has 0 spiro atoms. The molecule has 0 radical (unpaired) electrons. The second-order valence-corrected chi connectivity index (χ2v) is 13.9. The number of fused-ring (bicyclic) bond motifs is 10. The third-order valence-electron chi connectivity index (χ3n) is 10.9. The van der Waals surface area contributed by atoms with E-state index in [-0.39, 0.29) is 24.4 Å². The number of aromatic nitrogens is 2. The number of ether oxygens (including phenoxy) is 1. The van der Waals surface area contributed by atoms with Crippen molar-refractivity contribution in [1.82, 2.24) is 20.2 Å². The Kier molecular flexibility index (Phi) is 6.75. The predicted octanol–water partition coefficient (Wildman–Crippen LogP) is 9.49. The van der Waals surface area contributed by atoms with Crippen LogP contribution in [0.5, 0.6) is 11.5 Å². The third-order valence-corrected chi connectivity index (χ3v) is 10.9. The molecule has 254 valence electrons. The molecule has 4 aliphatic rings. The maximum absolute atomic E-state index is 6.83. The van der Waals surface area contributed by atoms with Crippen molar-refractivity contribution in [3.05, 3.63) is 187 Å². The zero-order chi connectivity index (χ0) is 34.9. The largest absolute Gasteiger partial charge is 0.452 e. The molecule has 2 aromatic heterocycles. The van der Waals surface area contributed by atoms with E-state index in [2.05, 4.69) is 171 Å². The molecule has 7 aromatic rings. The van der Waals surface area contributed by atoms with Crippen LogP contribution in [0.2, 0.25) is 0 Å². The summed E-state index contributed by atoms with van der Waals surface area (Å²) < 4.78 is 9.21. The maximum Gasteiger partial charge on any atom is 0.180 e. The molecule has 2 N–H and O–H groups in total. The molecule has 4 atom stereocenters. The van der Waals surface area contributed by atoms with Gasteiger partial charge in [-0.3, -0.25) is 10.3 Å². The lowest BCUT2D eigenvalue weighted by atomic mass is 9.91. The van der Waals surface area contributed by atoms with Gasteiger partial charge in [-0.25, -0.2) is 4.99 Å². The van der Waals surface area contributed by atoms with Crippen LogP contribution in [0.3, 0.4) is 0 Å². The van der Waals surface area contributed by atoms with Gasteiger partial charge in [-0.05, 0) is 53.1 Å². The van der Waals surface area contributed by atoms with Gasteiger partial charge in [0.2, 0.25) is 0 Å². The normalized spacial score (nSPS) is 20.6. The first-order valence-electron chi connectivity index (χ1n) is 18.1. The van der Waals surface area contributed by atoms with Crippen LogP contribution < -0.4 is 20.3 Å². The Morgan fingerprint density at radius 2 is 1.47 bits per heavy atom. The van der Waals surface area contributed by atoms with Crippen LogP contribution in [-0.4, -0.2) is 27.7 Å². The summed E-state index contributed by atoms with van der Waals surface area (Å²) in [6, 6.07) is 47.1. The van der Waals surface area contributed by atoms with Crippen LogP contribution in [0.15, 0.2) is 175 Å². The molecular weight excluding hydrogens is 653 g/mol. The van der Waals surface area contributed by atoms with Crippen LogP contribution in [0.1, 0.15) is 28.8 Å². The third kappa shape index (κ3) is 4.71. The van der Waals surface area contributed by atoms with Gasteiger partial charge >= 0.3 is 0 Å². The zero-order valence-electron chi connectivity index (χ0n) is 28.7. The molecule has 5 heterocycles. The van der Waals surface area contributed by atoms with Gasteiger partial charge in [0.05, 0.1) is 23.4 Å². The van der Waals surface area contributed by atoms with Gasteiger partial charge in [0.1, 0.15) is 12.0 Å². The maximum atomic E-state index is 6.83. The number of para-hydroxylation sites is 1. The second-order valence-electron chi connectivity index (χ2n) is 13.9. The molecule has 4 unspecified atom stereocenters. The summed E-state index contributed by atoms with van der Waals surface area (Å²) in [5.74, 6) is 2.62. The standard InChI is InChI=1S/C46H34N6O/c1-3-13-29(14-4-1)44-48-45(30-15-5-2-6-16-30)50-46(49-44)52-38-21-11-9-18-33(38)37-27-31(23-24-40(37)52)51-39-22-12-10-20-36(39)43-42(51)35-19-8-7-17-32(35)34-25-26-47-28-41(34)53-43/h1-28,33,38,44,46,49H,(H,48,50). The van der Waals surface area contributed by atoms with Crippen LogP contribution in [0, 0.1) is 0 Å². The molecule has 0 fully saturated rings. The fraction of sp³-hybridized carbons (Fsp3) is 0.0870. The lowest BCUT2D eigenvalue weighted by molar-refractivity contribution is 0.376. The summed E-state index contributed by atoms with van der Waals surface area (Å²) in [6.07, 6.45) is 12.2. The predicted molar refractivity (Wildman–Crippen MR) is 212 cm³/mol. The van der Waals surface area contributed by atoms with Crippen LogP contribution in [0.25, 0.3) is 39.0 Å². The number of benzene rings is 5. The number of nitrogens with one attached hydrogen (secondary N) is 2. The number of nitrogens with zero attached hydrogens (tertiary/aromatic N) is 4. The zero-order valence-corrected chi connectivity index (χ0v) is 28.7. The van der Waals surface area contributed by atoms with E-state index in [1.807, 2.05) is 24.5 Å². The van der Waals surface area contributed by atoms with Crippen LogP contribution in [-0.2, 0) is 0 Å². The van der Waals surface area contributed by atoms with Crippen molar-refractivity contribution in [3.63, 3.8) is 0 Å². The molecule has 7 nitrogen and oxygen atoms in total. The lowest BCUT2D eigenvalue weighted by Gasteiger charge is -2.40. The quantitative estimate of drug-likeness (QED) is 0.193. The van der Waals surface area contributed by atoms with Gasteiger partial charge < -0.3 is 19.5 Å². The van der Waals surface area contributed by atoms with E-state index in [1.54, 1.807) is 0 Å². The van der Waals surface area contributed by atoms with Crippen molar-refractivity contribution in [2.24, 2.45) is 4.99 Å².